The fraction of sp³-hybridized carbons (Fsp3) is 0.600. The van der Waals surface area contributed by atoms with Crippen LogP contribution in [0.5, 0.6) is 0 Å². The van der Waals surface area contributed by atoms with E-state index < -0.39 is 42.2 Å². The molecule has 0 aromatic heterocycles. The zero-order chi connectivity index (χ0) is 21.2. The fourth-order valence-corrected chi connectivity index (χ4v) is 4.04. The van der Waals surface area contributed by atoms with Crippen LogP contribution in [0.3, 0.4) is 0 Å². The molecule has 9 nitrogen and oxygen atoms in total. The molecule has 3 rings (SSSR count). The van der Waals surface area contributed by atoms with E-state index in [9.17, 15) is 14.7 Å². The van der Waals surface area contributed by atoms with Gasteiger partial charge in [-0.25, -0.2) is 0 Å². The van der Waals surface area contributed by atoms with Crippen molar-refractivity contribution in [1.82, 2.24) is 0 Å². The maximum Gasteiger partial charge on any atom is 0.303 e. The molecule has 0 unspecified atom stereocenters. The van der Waals surface area contributed by atoms with Crippen LogP contribution < -0.4 is 0 Å². The van der Waals surface area contributed by atoms with E-state index in [1.807, 2.05) is 24.3 Å². The van der Waals surface area contributed by atoms with E-state index in [1.54, 1.807) is 6.92 Å². The summed E-state index contributed by atoms with van der Waals surface area (Å²) in [6.45, 7) is 4.36. The van der Waals surface area contributed by atoms with Crippen molar-refractivity contribution >= 4 is 11.8 Å². The number of esters is 1. The lowest BCUT2D eigenvalue weighted by Gasteiger charge is -2.42. The first-order chi connectivity index (χ1) is 13.7. The van der Waals surface area contributed by atoms with Crippen LogP contribution in [0.2, 0.25) is 0 Å². The van der Waals surface area contributed by atoms with Crippen LogP contribution in [0.25, 0.3) is 10.4 Å². The molecule has 1 aromatic rings. The Morgan fingerprint density at radius 3 is 2.72 bits per heavy atom. The normalized spacial score (nSPS) is 33.9. The van der Waals surface area contributed by atoms with E-state index in [0.29, 0.717) is 0 Å². The van der Waals surface area contributed by atoms with E-state index in [-0.39, 0.29) is 25.0 Å². The molecule has 1 aliphatic carbocycles. The van der Waals surface area contributed by atoms with Gasteiger partial charge < -0.3 is 19.3 Å². The van der Waals surface area contributed by atoms with Gasteiger partial charge >= 0.3 is 5.97 Å². The summed E-state index contributed by atoms with van der Waals surface area (Å²) in [6.07, 6.45) is -2.07. The molecule has 2 aliphatic rings. The predicted molar refractivity (Wildman–Crippen MR) is 102 cm³/mol. The third-order valence-electron chi connectivity index (χ3n) is 5.52. The molecule has 1 saturated heterocycles. The first-order valence-corrected chi connectivity index (χ1v) is 9.57. The highest BCUT2D eigenvalue weighted by atomic mass is 16.7. The Hall–Kier alpha value is -2.45. The highest BCUT2D eigenvalue weighted by Crippen LogP contribution is 2.40. The van der Waals surface area contributed by atoms with E-state index in [1.165, 1.54) is 13.8 Å². The largest absolute Gasteiger partial charge is 0.459 e. The summed E-state index contributed by atoms with van der Waals surface area (Å²) in [6, 6.07) is 6.84. The van der Waals surface area contributed by atoms with Gasteiger partial charge in [-0.15, -0.1) is 0 Å². The average Bonchev–Trinajstić information content (AvgIpc) is 2.64. The second-order valence-electron chi connectivity index (χ2n) is 7.64. The molecule has 9 heteroatoms. The molecule has 1 fully saturated rings. The third kappa shape index (κ3) is 4.59. The van der Waals surface area contributed by atoms with Gasteiger partial charge in [0.25, 0.3) is 0 Å². The van der Waals surface area contributed by atoms with E-state index in [2.05, 4.69) is 10.0 Å². The van der Waals surface area contributed by atoms with Gasteiger partial charge in [-0.1, -0.05) is 29.4 Å². The van der Waals surface area contributed by atoms with Crippen LogP contribution in [-0.2, 0) is 30.2 Å². The average molecular weight is 403 g/mol. The predicted octanol–water partition coefficient (Wildman–Crippen LogP) is 2.76. The van der Waals surface area contributed by atoms with Crippen LogP contribution in [-0.4, -0.2) is 47.0 Å². The quantitative estimate of drug-likeness (QED) is 0.348. The number of ether oxygens (including phenoxy) is 3. The van der Waals surface area contributed by atoms with Crippen molar-refractivity contribution < 1.29 is 28.9 Å². The number of fused-ring (bicyclic) bond motifs is 1. The van der Waals surface area contributed by atoms with Crippen LogP contribution in [0.1, 0.15) is 50.8 Å². The van der Waals surface area contributed by atoms with Crippen molar-refractivity contribution in [2.24, 2.45) is 5.11 Å². The highest BCUT2D eigenvalue weighted by molar-refractivity contribution is 5.85. The summed E-state index contributed by atoms with van der Waals surface area (Å²) in [4.78, 5) is 26.3. The summed E-state index contributed by atoms with van der Waals surface area (Å²) in [7, 11) is 0. The molecular formula is C20H25N3O6. The number of Topliss-reactive ketones (excluding diaryl/α,β-unsaturated/α-hetero) is 1. The standard InChI is InChI=1S/C20H25N3O6/c1-11-19(28-13(3)25)16(22-23-21)8-18(27-11)29-17-10-20(26,12(2)24)9-14-6-4-5-7-15(14)17/h4-7,11,16-19,26H,8-10H2,1-3H3/t11-,16-,17-,18+,19-,20-/m0/s1. The summed E-state index contributed by atoms with van der Waals surface area (Å²) >= 11 is 0. The van der Waals surface area contributed by atoms with Gasteiger partial charge in [-0.05, 0) is 30.5 Å². The SMILES string of the molecule is CC(=O)O[C@@H]1[C@@H](N=[N+]=[N-])C[C@@H](O[C@H]2C[C@](O)(C(C)=O)Cc3ccccc32)O[C@H]1C. The molecule has 0 saturated carbocycles. The van der Waals surface area contributed by atoms with Crippen molar-refractivity contribution in [1.29, 1.82) is 0 Å². The number of carbonyl (C=O) groups is 2. The molecule has 0 radical (unpaired) electrons. The molecule has 1 aliphatic heterocycles. The van der Waals surface area contributed by atoms with Crippen LogP contribution in [0, 0.1) is 0 Å². The van der Waals surface area contributed by atoms with Crippen molar-refractivity contribution in [3.8, 4) is 0 Å². The molecule has 6 atom stereocenters. The second kappa shape index (κ2) is 8.51. The Kier molecular flexibility index (Phi) is 6.24. The smallest absolute Gasteiger partial charge is 0.303 e. The Balaban J connectivity index is 1.82. The number of rotatable bonds is 5. The van der Waals surface area contributed by atoms with Gasteiger partial charge in [-0.2, -0.15) is 0 Å². The zero-order valence-corrected chi connectivity index (χ0v) is 16.6. The van der Waals surface area contributed by atoms with Crippen molar-refractivity contribution in [2.45, 2.75) is 76.3 Å². The van der Waals surface area contributed by atoms with Gasteiger partial charge in [-0.3, -0.25) is 9.59 Å². The topological polar surface area (TPSA) is 131 Å². The summed E-state index contributed by atoms with van der Waals surface area (Å²) < 4.78 is 17.3. The molecule has 0 spiro atoms. The van der Waals surface area contributed by atoms with Crippen LogP contribution in [0.15, 0.2) is 29.4 Å². The monoisotopic (exact) mass is 403 g/mol. The Labute approximate surface area is 168 Å². The molecule has 29 heavy (non-hydrogen) atoms. The number of azide groups is 1. The molecule has 1 aromatic carbocycles. The van der Waals surface area contributed by atoms with Crippen LogP contribution in [0.4, 0.5) is 0 Å². The Bertz CT molecular complexity index is 839. The lowest BCUT2D eigenvalue weighted by atomic mass is 9.77. The summed E-state index contributed by atoms with van der Waals surface area (Å²) in [5.41, 5.74) is 9.11. The Morgan fingerprint density at radius 2 is 2.07 bits per heavy atom. The molecule has 156 valence electrons. The maximum absolute atomic E-state index is 12.1. The van der Waals surface area contributed by atoms with Gasteiger partial charge in [0.1, 0.15) is 11.7 Å². The first-order valence-electron chi connectivity index (χ1n) is 9.57. The van der Waals surface area contributed by atoms with E-state index in [4.69, 9.17) is 19.7 Å². The van der Waals surface area contributed by atoms with Gasteiger partial charge in [0, 0.05) is 31.1 Å². The van der Waals surface area contributed by atoms with E-state index in [0.717, 1.165) is 11.1 Å². The lowest BCUT2D eigenvalue weighted by molar-refractivity contribution is -0.250. The Morgan fingerprint density at radius 1 is 1.34 bits per heavy atom. The molecular weight excluding hydrogens is 378 g/mol. The number of hydrogen-bond donors (Lipinski definition) is 1. The minimum atomic E-state index is -1.51. The zero-order valence-electron chi connectivity index (χ0n) is 16.6. The number of aliphatic hydroxyl groups is 1. The molecule has 0 amide bonds. The number of nitrogens with zero attached hydrogens (tertiary/aromatic N) is 3. The summed E-state index contributed by atoms with van der Waals surface area (Å²) in [5, 5.41) is 14.6. The van der Waals surface area contributed by atoms with Crippen molar-refractivity contribution in [3.05, 3.63) is 45.8 Å². The minimum absolute atomic E-state index is 0.104. The first kappa shape index (κ1) is 21.3. The molecule has 1 heterocycles. The van der Waals surface area contributed by atoms with Crippen molar-refractivity contribution in [3.63, 3.8) is 0 Å². The van der Waals surface area contributed by atoms with Crippen LogP contribution >= 0.6 is 0 Å². The number of ketones is 1. The number of carbonyl (C=O) groups excluding carboxylic acids is 2. The minimum Gasteiger partial charge on any atom is -0.459 e. The fourth-order valence-electron chi connectivity index (χ4n) is 4.04. The number of hydrogen-bond acceptors (Lipinski definition) is 7. The van der Waals surface area contributed by atoms with Gasteiger partial charge in [0.15, 0.2) is 12.1 Å². The molecule has 1 N–H and O–H groups in total. The van der Waals surface area contributed by atoms with Gasteiger partial charge in [0.05, 0.1) is 18.2 Å². The number of benzene rings is 1. The highest BCUT2D eigenvalue weighted by Gasteiger charge is 2.44. The van der Waals surface area contributed by atoms with E-state index >= 15 is 0 Å². The van der Waals surface area contributed by atoms with Gasteiger partial charge in [0.2, 0.25) is 0 Å². The second-order valence-corrected chi connectivity index (χ2v) is 7.64. The van der Waals surface area contributed by atoms with Crippen molar-refractivity contribution in [2.75, 3.05) is 0 Å². The summed E-state index contributed by atoms with van der Waals surface area (Å²) in [5.74, 6) is -0.809. The third-order valence-corrected chi connectivity index (χ3v) is 5.52. The lowest BCUT2D eigenvalue weighted by Crippen LogP contribution is -2.50. The molecule has 0 bridgehead atoms. The maximum atomic E-state index is 12.1.